The smallest absolute Gasteiger partial charge is 0.353 e. The predicted molar refractivity (Wildman–Crippen MR) is 65.5 cm³/mol. The third-order valence-electron chi connectivity index (χ3n) is 2.76. The molecule has 19 heavy (non-hydrogen) atoms. The van der Waals surface area contributed by atoms with Crippen LogP contribution in [0.5, 0.6) is 0 Å². The molecular weight excluding hydrogens is 246 g/mol. The summed E-state index contributed by atoms with van der Waals surface area (Å²) in [5.41, 5.74) is 1.16. The molecule has 0 aliphatic carbocycles. The maximum Gasteiger partial charge on any atom is 0.353 e. The number of fused-ring (bicyclic) bond motifs is 1. The average Bonchev–Trinajstić information content (AvgIpc) is 3.05. The summed E-state index contributed by atoms with van der Waals surface area (Å²) in [6, 6.07) is 6.89. The number of carbonyl (C=O) groups is 1. The van der Waals surface area contributed by atoms with Crippen molar-refractivity contribution < 1.29 is 14.3 Å². The Balaban J connectivity index is 2.32. The van der Waals surface area contributed by atoms with Gasteiger partial charge in [-0.05, 0) is 18.2 Å². The zero-order chi connectivity index (χ0) is 13.4. The van der Waals surface area contributed by atoms with Gasteiger partial charge in [0.1, 0.15) is 17.5 Å². The van der Waals surface area contributed by atoms with Crippen molar-refractivity contribution in [3.8, 4) is 17.5 Å². The molecule has 3 aromatic rings. The van der Waals surface area contributed by atoms with Crippen LogP contribution in [0.2, 0.25) is 0 Å². The van der Waals surface area contributed by atoms with Crippen molar-refractivity contribution in [3.05, 3.63) is 41.9 Å². The molecule has 0 aliphatic heterocycles. The molecule has 0 spiro atoms. The van der Waals surface area contributed by atoms with Gasteiger partial charge >= 0.3 is 5.97 Å². The predicted octanol–water partition coefficient (Wildman–Crippen LogP) is 2.39. The van der Waals surface area contributed by atoms with Crippen molar-refractivity contribution >= 4 is 16.9 Å². The van der Waals surface area contributed by atoms with Gasteiger partial charge in [-0.3, -0.25) is 0 Å². The van der Waals surface area contributed by atoms with Crippen LogP contribution in [0.15, 0.2) is 35.1 Å². The van der Waals surface area contributed by atoms with Crippen molar-refractivity contribution in [3.63, 3.8) is 0 Å². The van der Waals surface area contributed by atoms with Gasteiger partial charge in [-0.1, -0.05) is 0 Å². The van der Waals surface area contributed by atoms with Gasteiger partial charge in [-0.2, -0.15) is 5.26 Å². The highest BCUT2D eigenvalue weighted by Crippen LogP contribution is 2.27. The Labute approximate surface area is 106 Å². The van der Waals surface area contributed by atoms with Gasteiger partial charge < -0.3 is 14.5 Å². The lowest BCUT2D eigenvalue weighted by Gasteiger charge is -2.00. The fourth-order valence-corrected chi connectivity index (χ4v) is 1.92. The molecule has 92 valence electrons. The second-order valence-corrected chi connectivity index (χ2v) is 3.88. The van der Waals surface area contributed by atoms with Crippen LogP contribution in [0.3, 0.4) is 0 Å². The number of carboxylic acid groups (broad SMARTS) is 1. The number of furan rings is 1. The Morgan fingerprint density at radius 2 is 2.37 bits per heavy atom. The summed E-state index contributed by atoms with van der Waals surface area (Å²) in [5.74, 6) is -0.622. The lowest BCUT2D eigenvalue weighted by Crippen LogP contribution is -1.97. The Morgan fingerprint density at radius 3 is 3.00 bits per heavy atom. The molecule has 0 fully saturated rings. The van der Waals surface area contributed by atoms with E-state index in [0.29, 0.717) is 22.4 Å². The summed E-state index contributed by atoms with van der Waals surface area (Å²) in [4.78, 5) is 17.9. The van der Waals surface area contributed by atoms with Gasteiger partial charge in [-0.15, -0.1) is 0 Å². The Kier molecular flexibility index (Phi) is 2.32. The van der Waals surface area contributed by atoms with E-state index in [-0.39, 0.29) is 11.3 Å². The molecule has 0 radical (unpaired) electrons. The van der Waals surface area contributed by atoms with E-state index in [4.69, 9.17) is 14.8 Å². The highest BCUT2D eigenvalue weighted by Gasteiger charge is 2.17. The van der Waals surface area contributed by atoms with E-state index in [2.05, 4.69) is 9.97 Å². The second-order valence-electron chi connectivity index (χ2n) is 3.88. The number of aromatic amines is 1. The average molecular weight is 253 g/mol. The molecule has 3 rings (SSSR count). The van der Waals surface area contributed by atoms with Crippen LogP contribution in [-0.2, 0) is 0 Å². The van der Waals surface area contributed by atoms with Crippen LogP contribution in [0, 0.1) is 11.3 Å². The Bertz CT molecular complexity index is 810. The van der Waals surface area contributed by atoms with Crippen LogP contribution in [-0.4, -0.2) is 21.0 Å². The van der Waals surface area contributed by atoms with Crippen LogP contribution < -0.4 is 0 Å². The molecule has 0 bridgehead atoms. The summed E-state index contributed by atoms with van der Waals surface area (Å²) in [7, 11) is 0. The van der Waals surface area contributed by atoms with Crippen LogP contribution in [0.4, 0.5) is 0 Å². The summed E-state index contributed by atoms with van der Waals surface area (Å²) in [6.07, 6.45) is 2.98. The topological polar surface area (TPSA) is 103 Å². The quantitative estimate of drug-likeness (QED) is 0.729. The third-order valence-corrected chi connectivity index (χ3v) is 2.76. The summed E-state index contributed by atoms with van der Waals surface area (Å²) in [6.45, 7) is 0. The number of pyridine rings is 1. The lowest BCUT2D eigenvalue weighted by molar-refractivity contribution is 0.0693. The van der Waals surface area contributed by atoms with Crippen molar-refractivity contribution in [2.75, 3.05) is 0 Å². The monoisotopic (exact) mass is 253 g/mol. The zero-order valence-corrected chi connectivity index (χ0v) is 9.54. The van der Waals surface area contributed by atoms with Gasteiger partial charge in [0.2, 0.25) is 0 Å². The van der Waals surface area contributed by atoms with Crippen molar-refractivity contribution in [2.24, 2.45) is 0 Å². The highest BCUT2D eigenvalue weighted by molar-refractivity contribution is 6.02. The minimum atomic E-state index is -1.09. The summed E-state index contributed by atoms with van der Waals surface area (Å²) >= 11 is 0. The van der Waals surface area contributed by atoms with E-state index < -0.39 is 5.97 Å². The van der Waals surface area contributed by atoms with Crippen LogP contribution >= 0.6 is 0 Å². The Hall–Kier alpha value is -3.07. The molecule has 0 amide bonds. The maximum atomic E-state index is 11.0. The molecule has 6 nitrogen and oxygen atoms in total. The molecule has 0 unspecified atom stereocenters. The number of hydrogen-bond donors (Lipinski definition) is 2. The fraction of sp³-hybridized carbons (Fsp3) is 0. The van der Waals surface area contributed by atoms with Crippen LogP contribution in [0.25, 0.3) is 22.4 Å². The first-order chi connectivity index (χ1) is 9.20. The SMILES string of the molecule is N#Cc1cc2c(C(=O)O)[nH]cc2nc1-c1ccco1. The summed E-state index contributed by atoms with van der Waals surface area (Å²) in [5, 5.41) is 18.6. The third kappa shape index (κ3) is 1.65. The molecule has 3 heterocycles. The van der Waals surface area contributed by atoms with E-state index in [9.17, 15) is 4.79 Å². The zero-order valence-electron chi connectivity index (χ0n) is 9.54. The molecular formula is C13H7N3O3. The number of aromatic carboxylic acids is 1. The lowest BCUT2D eigenvalue weighted by atomic mass is 10.1. The summed E-state index contributed by atoms with van der Waals surface area (Å²) < 4.78 is 5.23. The molecule has 0 saturated carbocycles. The number of aromatic nitrogens is 2. The fourth-order valence-electron chi connectivity index (χ4n) is 1.92. The van der Waals surface area contributed by atoms with Crippen molar-refractivity contribution in [1.82, 2.24) is 9.97 Å². The molecule has 0 aliphatic rings. The van der Waals surface area contributed by atoms with E-state index in [0.717, 1.165) is 0 Å². The number of nitrogens with zero attached hydrogens (tertiary/aromatic N) is 2. The van der Waals surface area contributed by atoms with Gasteiger partial charge in [0, 0.05) is 11.6 Å². The van der Waals surface area contributed by atoms with E-state index in [1.807, 2.05) is 6.07 Å². The first-order valence-electron chi connectivity index (χ1n) is 5.40. The van der Waals surface area contributed by atoms with E-state index in [1.165, 1.54) is 18.5 Å². The molecule has 0 aromatic carbocycles. The maximum absolute atomic E-state index is 11.0. The highest BCUT2D eigenvalue weighted by atomic mass is 16.4. The van der Waals surface area contributed by atoms with Gasteiger partial charge in [0.15, 0.2) is 5.76 Å². The molecule has 6 heteroatoms. The number of nitrogens with one attached hydrogen (secondary N) is 1. The van der Waals surface area contributed by atoms with E-state index >= 15 is 0 Å². The molecule has 2 N–H and O–H groups in total. The largest absolute Gasteiger partial charge is 0.477 e. The van der Waals surface area contributed by atoms with Gasteiger partial charge in [-0.25, -0.2) is 9.78 Å². The minimum absolute atomic E-state index is 0.0185. The van der Waals surface area contributed by atoms with Crippen molar-refractivity contribution in [2.45, 2.75) is 0 Å². The standard InChI is InChI=1S/C13H7N3O3/c14-5-7-4-8-9(6-15-12(8)13(17)18)16-11(7)10-2-1-3-19-10/h1-4,6,15H,(H,17,18). The van der Waals surface area contributed by atoms with Gasteiger partial charge in [0.25, 0.3) is 0 Å². The molecule has 0 saturated heterocycles. The number of carboxylic acids is 1. The van der Waals surface area contributed by atoms with Crippen molar-refractivity contribution in [1.29, 1.82) is 5.26 Å². The normalized spacial score (nSPS) is 10.5. The first kappa shape index (κ1) is 11.0. The number of nitriles is 1. The molecule has 3 aromatic heterocycles. The first-order valence-corrected chi connectivity index (χ1v) is 5.40. The Morgan fingerprint density at radius 1 is 1.53 bits per heavy atom. The minimum Gasteiger partial charge on any atom is -0.477 e. The molecule has 0 atom stereocenters. The van der Waals surface area contributed by atoms with Crippen LogP contribution in [0.1, 0.15) is 16.1 Å². The number of H-pyrrole nitrogens is 1. The number of hydrogen-bond acceptors (Lipinski definition) is 4. The van der Waals surface area contributed by atoms with E-state index in [1.54, 1.807) is 12.1 Å². The number of rotatable bonds is 2. The second kappa shape index (κ2) is 3.99. The van der Waals surface area contributed by atoms with Gasteiger partial charge in [0.05, 0.1) is 17.3 Å².